The predicted octanol–water partition coefficient (Wildman–Crippen LogP) is 3.13. The number of amides is 1. The maximum atomic E-state index is 12.1. The van der Waals surface area contributed by atoms with Crippen LogP contribution in [0.5, 0.6) is 0 Å². The minimum absolute atomic E-state index is 0.147. The van der Waals surface area contributed by atoms with Gasteiger partial charge in [0.15, 0.2) is 0 Å². The zero-order valence-corrected chi connectivity index (χ0v) is 15.0. The van der Waals surface area contributed by atoms with E-state index in [1.54, 1.807) is 25.1 Å². The number of carbonyl (C=O) groups is 1. The molecule has 0 unspecified atom stereocenters. The van der Waals surface area contributed by atoms with Gasteiger partial charge in [0, 0.05) is 17.1 Å². The van der Waals surface area contributed by atoms with Crippen LogP contribution in [0.3, 0.4) is 0 Å². The van der Waals surface area contributed by atoms with Crippen LogP contribution >= 0.6 is 11.6 Å². The zero-order chi connectivity index (χ0) is 17.7. The number of sulfonamides is 1. The standard InChI is InChI=1S/C17H19ClN2O3S/c1-12-7-9-14(11-16(12)24(22,23)19-2)20-17(21)10-8-13-5-3-4-6-15(13)18/h3-7,9,11,19H,8,10H2,1-2H3,(H,20,21). The lowest BCUT2D eigenvalue weighted by molar-refractivity contribution is -0.116. The fraction of sp³-hybridized carbons (Fsp3) is 0.235. The van der Waals surface area contributed by atoms with Crippen LogP contribution in [0.1, 0.15) is 17.5 Å². The first-order valence-corrected chi connectivity index (χ1v) is 9.27. The van der Waals surface area contributed by atoms with E-state index in [4.69, 9.17) is 11.6 Å². The van der Waals surface area contributed by atoms with Gasteiger partial charge < -0.3 is 5.32 Å². The smallest absolute Gasteiger partial charge is 0.240 e. The van der Waals surface area contributed by atoms with E-state index < -0.39 is 10.0 Å². The second-order valence-electron chi connectivity index (χ2n) is 5.33. The average Bonchev–Trinajstić information content (AvgIpc) is 2.55. The Balaban J connectivity index is 2.07. The minimum Gasteiger partial charge on any atom is -0.326 e. The summed E-state index contributed by atoms with van der Waals surface area (Å²) in [6.07, 6.45) is 0.769. The van der Waals surface area contributed by atoms with E-state index in [2.05, 4.69) is 10.0 Å². The Kier molecular flexibility index (Phi) is 5.99. The number of hydrogen-bond donors (Lipinski definition) is 2. The number of anilines is 1. The van der Waals surface area contributed by atoms with E-state index in [1.807, 2.05) is 18.2 Å². The molecule has 128 valence electrons. The van der Waals surface area contributed by atoms with Crippen molar-refractivity contribution >= 4 is 33.2 Å². The first-order valence-electron chi connectivity index (χ1n) is 7.41. The van der Waals surface area contributed by atoms with Crippen molar-refractivity contribution in [2.24, 2.45) is 0 Å². The van der Waals surface area contributed by atoms with E-state index in [1.165, 1.54) is 13.1 Å². The van der Waals surface area contributed by atoms with Crippen LogP contribution in [0, 0.1) is 6.92 Å². The van der Waals surface area contributed by atoms with Crippen LogP contribution in [0.15, 0.2) is 47.4 Å². The van der Waals surface area contributed by atoms with E-state index in [-0.39, 0.29) is 17.2 Å². The van der Waals surface area contributed by atoms with Crippen molar-refractivity contribution in [3.8, 4) is 0 Å². The summed E-state index contributed by atoms with van der Waals surface area (Å²) < 4.78 is 26.2. The number of rotatable bonds is 6. The number of aryl methyl sites for hydroxylation is 2. The Morgan fingerprint density at radius 2 is 1.88 bits per heavy atom. The summed E-state index contributed by atoms with van der Waals surface area (Å²) in [6.45, 7) is 1.70. The molecule has 0 aliphatic rings. The highest BCUT2D eigenvalue weighted by molar-refractivity contribution is 7.89. The molecule has 7 heteroatoms. The summed E-state index contributed by atoms with van der Waals surface area (Å²) in [7, 11) is -2.22. The average molecular weight is 367 g/mol. The molecule has 5 nitrogen and oxygen atoms in total. The summed E-state index contributed by atoms with van der Waals surface area (Å²) in [5.74, 6) is -0.202. The number of halogens is 1. The van der Waals surface area contributed by atoms with Crippen LogP contribution in [0.4, 0.5) is 5.69 Å². The van der Waals surface area contributed by atoms with Crippen LogP contribution in [-0.4, -0.2) is 21.4 Å². The van der Waals surface area contributed by atoms with Gasteiger partial charge in [-0.25, -0.2) is 13.1 Å². The normalized spacial score (nSPS) is 11.3. The van der Waals surface area contributed by atoms with Crippen LogP contribution < -0.4 is 10.0 Å². The SMILES string of the molecule is CNS(=O)(=O)c1cc(NC(=O)CCc2ccccc2Cl)ccc1C. The van der Waals surface area contributed by atoms with Crippen molar-refractivity contribution in [3.63, 3.8) is 0 Å². The molecule has 0 aliphatic carbocycles. The molecule has 2 aromatic rings. The molecule has 2 N–H and O–H groups in total. The molecule has 0 aromatic heterocycles. The highest BCUT2D eigenvalue weighted by atomic mass is 35.5. The van der Waals surface area contributed by atoms with Gasteiger partial charge in [-0.2, -0.15) is 0 Å². The maximum absolute atomic E-state index is 12.1. The second-order valence-corrected chi connectivity index (χ2v) is 7.59. The highest BCUT2D eigenvalue weighted by Crippen LogP contribution is 2.21. The lowest BCUT2D eigenvalue weighted by Gasteiger charge is -2.10. The molecule has 2 aromatic carbocycles. The van der Waals surface area contributed by atoms with Crippen molar-refractivity contribution in [2.45, 2.75) is 24.7 Å². The third kappa shape index (κ3) is 4.56. The van der Waals surface area contributed by atoms with Gasteiger partial charge in [0.05, 0.1) is 4.90 Å². The van der Waals surface area contributed by atoms with E-state index >= 15 is 0 Å². The van der Waals surface area contributed by atoms with Gasteiger partial charge in [0.1, 0.15) is 0 Å². The molecule has 0 aliphatic heterocycles. The quantitative estimate of drug-likeness (QED) is 0.824. The molecule has 0 atom stereocenters. The van der Waals surface area contributed by atoms with Gasteiger partial charge in [-0.05, 0) is 49.7 Å². The fourth-order valence-corrected chi connectivity index (χ4v) is 3.47. The van der Waals surface area contributed by atoms with Crippen molar-refractivity contribution in [1.82, 2.24) is 4.72 Å². The molecule has 0 saturated heterocycles. The van der Waals surface area contributed by atoms with Crippen molar-refractivity contribution in [3.05, 3.63) is 58.6 Å². The molecule has 0 spiro atoms. The molecule has 0 bridgehead atoms. The first kappa shape index (κ1) is 18.4. The molecule has 1 amide bonds. The second kappa shape index (κ2) is 7.79. The van der Waals surface area contributed by atoms with Gasteiger partial charge in [0.25, 0.3) is 0 Å². The summed E-state index contributed by atoms with van der Waals surface area (Å²) in [5.41, 5.74) is 1.95. The number of nitrogens with one attached hydrogen (secondary N) is 2. The highest BCUT2D eigenvalue weighted by Gasteiger charge is 2.15. The number of carbonyl (C=O) groups excluding carboxylic acids is 1. The van der Waals surface area contributed by atoms with E-state index in [0.717, 1.165) is 5.56 Å². The summed E-state index contributed by atoms with van der Waals surface area (Å²) >= 11 is 6.07. The van der Waals surface area contributed by atoms with Crippen LogP contribution in [0.2, 0.25) is 5.02 Å². The third-order valence-electron chi connectivity index (χ3n) is 3.61. The lowest BCUT2D eigenvalue weighted by atomic mass is 10.1. The van der Waals surface area contributed by atoms with Crippen LogP contribution in [0.25, 0.3) is 0 Å². The topological polar surface area (TPSA) is 75.3 Å². The zero-order valence-electron chi connectivity index (χ0n) is 13.5. The number of hydrogen-bond acceptors (Lipinski definition) is 3. The predicted molar refractivity (Wildman–Crippen MR) is 95.8 cm³/mol. The Morgan fingerprint density at radius 3 is 2.54 bits per heavy atom. The van der Waals surface area contributed by atoms with Gasteiger partial charge in [0.2, 0.25) is 15.9 Å². The van der Waals surface area contributed by atoms with Gasteiger partial charge in [-0.15, -0.1) is 0 Å². The molecule has 0 heterocycles. The lowest BCUT2D eigenvalue weighted by Crippen LogP contribution is -2.20. The molecular formula is C17H19ClN2O3S. The summed E-state index contributed by atoms with van der Waals surface area (Å²) in [4.78, 5) is 12.2. The Bertz CT molecular complexity index is 851. The third-order valence-corrected chi connectivity index (χ3v) is 5.53. The van der Waals surface area contributed by atoms with Gasteiger partial charge in [-0.3, -0.25) is 4.79 Å². The Labute approximate surface area is 147 Å². The Hall–Kier alpha value is -1.89. The Morgan fingerprint density at radius 1 is 1.17 bits per heavy atom. The van der Waals surface area contributed by atoms with Crippen LogP contribution in [-0.2, 0) is 21.2 Å². The molecule has 0 fully saturated rings. The summed E-state index contributed by atoms with van der Waals surface area (Å²) in [6, 6.07) is 12.2. The molecule has 2 rings (SSSR count). The van der Waals surface area contributed by atoms with Crippen molar-refractivity contribution < 1.29 is 13.2 Å². The molecular weight excluding hydrogens is 348 g/mol. The van der Waals surface area contributed by atoms with Gasteiger partial charge >= 0.3 is 0 Å². The van der Waals surface area contributed by atoms with E-state index in [9.17, 15) is 13.2 Å². The molecule has 24 heavy (non-hydrogen) atoms. The summed E-state index contributed by atoms with van der Waals surface area (Å²) in [5, 5.41) is 3.35. The fourth-order valence-electron chi connectivity index (χ4n) is 2.25. The van der Waals surface area contributed by atoms with Crippen molar-refractivity contribution in [1.29, 1.82) is 0 Å². The largest absolute Gasteiger partial charge is 0.326 e. The van der Waals surface area contributed by atoms with Gasteiger partial charge in [-0.1, -0.05) is 35.9 Å². The molecule has 0 saturated carbocycles. The monoisotopic (exact) mass is 366 g/mol. The van der Waals surface area contributed by atoms with Crippen molar-refractivity contribution in [2.75, 3.05) is 12.4 Å². The minimum atomic E-state index is -3.57. The van der Waals surface area contributed by atoms with E-state index in [0.29, 0.717) is 22.7 Å². The molecule has 0 radical (unpaired) electrons. The number of benzene rings is 2. The maximum Gasteiger partial charge on any atom is 0.240 e. The first-order chi connectivity index (χ1) is 11.3.